The van der Waals surface area contributed by atoms with E-state index in [0.29, 0.717) is 0 Å². The van der Waals surface area contributed by atoms with E-state index in [1.54, 1.807) is 16.2 Å². The van der Waals surface area contributed by atoms with E-state index in [4.69, 9.17) is 4.98 Å². The molecule has 3 aromatic rings. The largest absolute Gasteiger partial charge is 0.352 e. The van der Waals surface area contributed by atoms with Crippen molar-refractivity contribution in [1.29, 1.82) is 0 Å². The molecule has 1 aliphatic rings. The van der Waals surface area contributed by atoms with Gasteiger partial charge in [0.25, 0.3) is 5.91 Å². The molecule has 1 amide bonds. The minimum absolute atomic E-state index is 0.00109. The Morgan fingerprint density at radius 1 is 1.28 bits per heavy atom. The molecule has 1 saturated heterocycles. The van der Waals surface area contributed by atoms with Crippen molar-refractivity contribution in [3.05, 3.63) is 52.2 Å². The van der Waals surface area contributed by atoms with Crippen LogP contribution in [-0.2, 0) is 0 Å². The Bertz CT molecular complexity index is 983. The summed E-state index contributed by atoms with van der Waals surface area (Å²) in [6.07, 6.45) is 5.04. The Morgan fingerprint density at radius 2 is 2.17 bits per heavy atom. The number of hydrogen-bond donors (Lipinski definition) is 2. The number of likely N-dealkylation sites (tertiary alicyclic amines) is 1. The Morgan fingerprint density at radius 3 is 2.97 bits per heavy atom. The molecule has 2 atom stereocenters. The summed E-state index contributed by atoms with van der Waals surface area (Å²) in [5.74, 6) is 0.00109. The van der Waals surface area contributed by atoms with Gasteiger partial charge in [0.05, 0.1) is 35.9 Å². The third-order valence-corrected chi connectivity index (χ3v) is 6.75. The van der Waals surface area contributed by atoms with Crippen LogP contribution in [0.5, 0.6) is 0 Å². The van der Waals surface area contributed by atoms with Crippen LogP contribution in [0.25, 0.3) is 22.2 Å². The lowest BCUT2D eigenvalue weighted by Crippen LogP contribution is -3.16. The van der Waals surface area contributed by atoms with E-state index in [1.165, 1.54) is 25.8 Å². The van der Waals surface area contributed by atoms with E-state index in [1.807, 2.05) is 17.5 Å². The second kappa shape index (κ2) is 9.06. The number of carbonyl (C=O) groups excluding carboxylic acids is 1. The lowest BCUT2D eigenvalue weighted by atomic mass is 10.0. The summed E-state index contributed by atoms with van der Waals surface area (Å²) in [6.45, 7) is 7.53. The third kappa shape index (κ3) is 4.68. The SMILES string of the molecule is Cc1ccc2nc(-c3ccsc3)cc(C(=O)NCCC[NH+]3CCCC[C@H]3C)c2c1. The second-order valence-corrected chi connectivity index (χ2v) is 9.03. The van der Waals surface area contributed by atoms with Gasteiger partial charge in [-0.15, -0.1) is 0 Å². The number of rotatable bonds is 6. The van der Waals surface area contributed by atoms with E-state index >= 15 is 0 Å². The molecule has 2 aromatic heterocycles. The molecule has 4 rings (SSSR count). The molecule has 1 fully saturated rings. The van der Waals surface area contributed by atoms with E-state index in [0.717, 1.165) is 58.8 Å². The highest BCUT2D eigenvalue weighted by molar-refractivity contribution is 7.08. The number of amides is 1. The van der Waals surface area contributed by atoms with Gasteiger partial charge in [-0.1, -0.05) is 11.6 Å². The highest BCUT2D eigenvalue weighted by Crippen LogP contribution is 2.27. The predicted molar refractivity (Wildman–Crippen MR) is 121 cm³/mol. The smallest absolute Gasteiger partial charge is 0.252 e. The molecule has 152 valence electrons. The number of nitrogens with zero attached hydrogens (tertiary/aromatic N) is 1. The molecule has 1 unspecified atom stereocenters. The number of nitrogens with one attached hydrogen (secondary N) is 2. The number of aryl methyl sites for hydroxylation is 1. The molecule has 1 aliphatic heterocycles. The minimum Gasteiger partial charge on any atom is -0.352 e. The van der Waals surface area contributed by atoms with Crippen LogP contribution in [-0.4, -0.2) is 36.6 Å². The summed E-state index contributed by atoms with van der Waals surface area (Å²) >= 11 is 1.64. The topological polar surface area (TPSA) is 46.4 Å². The molecule has 0 saturated carbocycles. The first kappa shape index (κ1) is 20.0. The number of aromatic nitrogens is 1. The van der Waals surface area contributed by atoms with Crippen LogP contribution >= 0.6 is 11.3 Å². The van der Waals surface area contributed by atoms with Gasteiger partial charge < -0.3 is 10.2 Å². The quantitative estimate of drug-likeness (QED) is 0.609. The second-order valence-electron chi connectivity index (χ2n) is 8.25. The molecule has 0 radical (unpaired) electrons. The van der Waals surface area contributed by atoms with E-state index < -0.39 is 0 Å². The summed E-state index contributed by atoms with van der Waals surface area (Å²) in [4.78, 5) is 19.5. The van der Waals surface area contributed by atoms with Crippen LogP contribution in [0.15, 0.2) is 41.1 Å². The Kier molecular flexibility index (Phi) is 6.26. The number of piperidine rings is 1. The first-order valence-corrected chi connectivity index (χ1v) is 11.6. The van der Waals surface area contributed by atoms with Gasteiger partial charge in [0.15, 0.2) is 0 Å². The number of thiophene rings is 1. The molecule has 1 aromatic carbocycles. The van der Waals surface area contributed by atoms with Gasteiger partial charge in [0, 0.05) is 29.3 Å². The zero-order chi connectivity index (χ0) is 20.2. The molecule has 3 heterocycles. The maximum atomic E-state index is 13.1. The summed E-state index contributed by atoms with van der Waals surface area (Å²) in [5, 5.41) is 8.21. The lowest BCUT2D eigenvalue weighted by Gasteiger charge is -2.30. The van der Waals surface area contributed by atoms with Gasteiger partial charge in [-0.3, -0.25) is 4.79 Å². The van der Waals surface area contributed by atoms with Crippen molar-refractivity contribution in [2.45, 2.75) is 45.6 Å². The fraction of sp³-hybridized carbons (Fsp3) is 0.417. The van der Waals surface area contributed by atoms with Crippen molar-refractivity contribution < 1.29 is 9.69 Å². The maximum absolute atomic E-state index is 13.1. The number of pyridine rings is 1. The van der Waals surface area contributed by atoms with Crippen molar-refractivity contribution in [1.82, 2.24) is 10.3 Å². The van der Waals surface area contributed by atoms with E-state index in [9.17, 15) is 4.79 Å². The number of fused-ring (bicyclic) bond motifs is 1. The summed E-state index contributed by atoms with van der Waals surface area (Å²) < 4.78 is 0. The summed E-state index contributed by atoms with van der Waals surface area (Å²) in [5.41, 5.74) is 4.66. The first-order valence-electron chi connectivity index (χ1n) is 10.7. The first-order chi connectivity index (χ1) is 14.1. The molecular weight excluding hydrogens is 378 g/mol. The van der Waals surface area contributed by atoms with E-state index in [2.05, 4.69) is 42.7 Å². The number of quaternary nitrogens is 1. The van der Waals surface area contributed by atoms with Gasteiger partial charge >= 0.3 is 0 Å². The standard InChI is InChI=1S/C24H29N3OS/c1-17-7-8-22-20(14-17)21(15-23(26-22)19-9-13-29-16-19)24(28)25-10-5-12-27-11-4-3-6-18(27)2/h7-9,13-16,18H,3-6,10-12H2,1-2H3,(H,25,28)/p+1/t18-/m1/s1. The minimum atomic E-state index is 0.00109. The van der Waals surface area contributed by atoms with Crippen LogP contribution in [0.3, 0.4) is 0 Å². The summed E-state index contributed by atoms with van der Waals surface area (Å²) in [7, 11) is 0. The normalized spacial score (nSPS) is 19.4. The van der Waals surface area contributed by atoms with E-state index in [-0.39, 0.29) is 5.91 Å². The molecule has 29 heavy (non-hydrogen) atoms. The van der Waals surface area contributed by atoms with Crippen LogP contribution in [0.1, 0.15) is 48.5 Å². The predicted octanol–water partition coefficient (Wildman–Crippen LogP) is 3.85. The number of hydrogen-bond acceptors (Lipinski definition) is 3. The molecule has 0 bridgehead atoms. The molecule has 0 spiro atoms. The molecule has 0 aliphatic carbocycles. The number of carbonyl (C=O) groups is 1. The highest BCUT2D eigenvalue weighted by atomic mass is 32.1. The average Bonchev–Trinajstić information content (AvgIpc) is 3.26. The van der Waals surface area contributed by atoms with Crippen molar-refractivity contribution in [2.75, 3.05) is 19.6 Å². The maximum Gasteiger partial charge on any atom is 0.252 e. The van der Waals surface area contributed by atoms with Gasteiger partial charge in [0.1, 0.15) is 0 Å². The summed E-state index contributed by atoms with van der Waals surface area (Å²) in [6, 6.07) is 10.9. The fourth-order valence-corrected chi connectivity index (χ4v) is 4.97. The van der Waals surface area contributed by atoms with Crippen molar-refractivity contribution in [3.8, 4) is 11.3 Å². The number of benzene rings is 1. The Labute approximate surface area is 177 Å². The van der Waals surface area contributed by atoms with Crippen molar-refractivity contribution in [3.63, 3.8) is 0 Å². The fourth-order valence-electron chi connectivity index (χ4n) is 4.32. The molecular formula is C24H30N3OS+. The average molecular weight is 409 g/mol. The zero-order valence-corrected chi connectivity index (χ0v) is 18.1. The van der Waals surface area contributed by atoms with Crippen molar-refractivity contribution >= 4 is 28.1 Å². The zero-order valence-electron chi connectivity index (χ0n) is 17.3. The van der Waals surface area contributed by atoms with Crippen LogP contribution in [0.4, 0.5) is 0 Å². The van der Waals surface area contributed by atoms with Gasteiger partial charge in [-0.25, -0.2) is 4.98 Å². The third-order valence-electron chi connectivity index (χ3n) is 6.07. The van der Waals surface area contributed by atoms with Gasteiger partial charge in [0.2, 0.25) is 0 Å². The molecule has 2 N–H and O–H groups in total. The van der Waals surface area contributed by atoms with Crippen LogP contribution in [0.2, 0.25) is 0 Å². The Hall–Kier alpha value is -2.24. The highest BCUT2D eigenvalue weighted by Gasteiger charge is 2.21. The Balaban J connectivity index is 1.49. The lowest BCUT2D eigenvalue weighted by molar-refractivity contribution is -0.928. The van der Waals surface area contributed by atoms with Crippen molar-refractivity contribution in [2.24, 2.45) is 0 Å². The molecule has 4 nitrogen and oxygen atoms in total. The van der Waals surface area contributed by atoms with Crippen LogP contribution < -0.4 is 10.2 Å². The molecule has 5 heteroatoms. The monoisotopic (exact) mass is 408 g/mol. The van der Waals surface area contributed by atoms with Gasteiger partial charge in [-0.05, 0) is 62.8 Å². The van der Waals surface area contributed by atoms with Crippen LogP contribution in [0, 0.1) is 6.92 Å². The van der Waals surface area contributed by atoms with Gasteiger partial charge in [-0.2, -0.15) is 11.3 Å².